The highest BCUT2D eigenvalue weighted by molar-refractivity contribution is 8.00. The molecule has 47 heavy (non-hydrogen) atoms. The fraction of sp³-hybridized carbons (Fsp3) is 0.0455. The lowest BCUT2D eigenvalue weighted by Gasteiger charge is -2.34. The Morgan fingerprint density at radius 2 is 0.809 bits per heavy atom. The summed E-state index contributed by atoms with van der Waals surface area (Å²) in [5, 5.41) is 3.07. The van der Waals surface area contributed by atoms with Crippen LogP contribution in [0.25, 0.3) is 33.4 Å². The second-order valence-corrected chi connectivity index (χ2v) is 18.0. The van der Waals surface area contributed by atoms with Gasteiger partial charge in [-0.25, -0.2) is 0 Å². The van der Waals surface area contributed by atoms with Crippen LogP contribution in [0.2, 0.25) is 13.1 Å². The largest absolute Gasteiger partial charge is 0.311 e. The van der Waals surface area contributed by atoms with Crippen LogP contribution in [0.1, 0.15) is 0 Å². The number of hydrogen-bond donors (Lipinski definition) is 0. The molecule has 8 rings (SSSR count). The Bertz CT molecular complexity index is 2070. The monoisotopic (exact) mass is 637 g/mol. The molecule has 0 fully saturated rings. The first-order chi connectivity index (χ1) is 23.1. The van der Waals surface area contributed by atoms with E-state index in [9.17, 15) is 0 Å². The van der Waals surface area contributed by atoms with Gasteiger partial charge in [0, 0.05) is 26.9 Å². The van der Waals surface area contributed by atoms with Gasteiger partial charge in [-0.2, -0.15) is 0 Å². The number of nitrogens with zero attached hydrogens (tertiary/aromatic N) is 1. The molecule has 0 saturated carbocycles. The van der Waals surface area contributed by atoms with E-state index in [2.05, 4.69) is 194 Å². The summed E-state index contributed by atoms with van der Waals surface area (Å²) in [6.07, 6.45) is 0. The number of fused-ring (bicyclic) bond motifs is 2. The first-order valence-electron chi connectivity index (χ1n) is 16.2. The zero-order chi connectivity index (χ0) is 31.8. The minimum Gasteiger partial charge on any atom is -0.311 e. The molecule has 0 aromatic heterocycles. The lowest BCUT2D eigenvalue weighted by Crippen LogP contribution is -2.56. The maximum atomic E-state index is 2.49. The molecule has 1 nitrogen and oxygen atoms in total. The summed E-state index contributed by atoms with van der Waals surface area (Å²) in [6, 6.07) is 64.0. The molecule has 1 aliphatic heterocycles. The molecule has 0 spiro atoms. The standard InChI is InChI=1S/C44H35NSSi/c1-47(2)42-18-10-9-17-41(42)46-44-40(16-11-19-43(44)47)36-24-30-39(31-25-36)45(37-26-20-34(21-27-37)32-12-5-3-6-13-32)38-28-22-35(23-29-38)33-14-7-4-8-15-33/h3-31H,1-2H3. The average Bonchev–Trinajstić information content (AvgIpc) is 3.13. The van der Waals surface area contributed by atoms with Gasteiger partial charge in [-0.05, 0) is 86.2 Å². The van der Waals surface area contributed by atoms with Gasteiger partial charge in [0.15, 0.2) is 0 Å². The van der Waals surface area contributed by atoms with Crippen LogP contribution in [0.3, 0.4) is 0 Å². The summed E-state index contributed by atoms with van der Waals surface area (Å²) in [5.41, 5.74) is 10.8. The van der Waals surface area contributed by atoms with Gasteiger partial charge in [0.2, 0.25) is 0 Å². The van der Waals surface area contributed by atoms with Gasteiger partial charge in [0.1, 0.15) is 8.07 Å². The van der Waals surface area contributed by atoms with Crippen LogP contribution < -0.4 is 15.3 Å². The Morgan fingerprint density at radius 3 is 1.34 bits per heavy atom. The van der Waals surface area contributed by atoms with Crippen molar-refractivity contribution in [1.29, 1.82) is 0 Å². The van der Waals surface area contributed by atoms with Crippen LogP contribution in [0, 0.1) is 0 Å². The molecule has 226 valence electrons. The van der Waals surface area contributed by atoms with Gasteiger partial charge >= 0.3 is 0 Å². The maximum Gasteiger partial charge on any atom is 0.115 e. The van der Waals surface area contributed by atoms with Gasteiger partial charge in [0.25, 0.3) is 0 Å². The van der Waals surface area contributed by atoms with E-state index in [0.717, 1.165) is 17.1 Å². The van der Waals surface area contributed by atoms with Gasteiger partial charge in [-0.15, -0.1) is 0 Å². The number of anilines is 3. The van der Waals surface area contributed by atoms with Crippen molar-refractivity contribution in [1.82, 2.24) is 0 Å². The molecule has 0 N–H and O–H groups in total. The Kier molecular flexibility index (Phi) is 7.65. The first kappa shape index (κ1) is 29.3. The molecule has 0 bridgehead atoms. The fourth-order valence-corrected chi connectivity index (χ4v) is 12.4. The Labute approximate surface area is 283 Å². The van der Waals surface area contributed by atoms with Gasteiger partial charge in [-0.3, -0.25) is 0 Å². The van der Waals surface area contributed by atoms with Crippen LogP contribution in [0.15, 0.2) is 186 Å². The molecule has 7 aromatic rings. The topological polar surface area (TPSA) is 3.24 Å². The van der Waals surface area contributed by atoms with E-state index in [1.54, 1.807) is 0 Å². The number of hydrogen-bond acceptors (Lipinski definition) is 2. The first-order valence-corrected chi connectivity index (χ1v) is 20.0. The van der Waals surface area contributed by atoms with Crippen molar-refractivity contribution in [3.8, 4) is 33.4 Å². The molecule has 0 aliphatic carbocycles. The summed E-state index contributed by atoms with van der Waals surface area (Å²) >= 11 is 1.93. The SMILES string of the molecule is C[Si]1(C)c2ccccc2Sc2c(-c3ccc(N(c4ccc(-c5ccccc5)cc4)c4ccc(-c5ccccc5)cc4)cc3)cccc21. The Balaban J connectivity index is 1.18. The predicted octanol–water partition coefficient (Wildman–Crippen LogP) is 11.4. The molecule has 3 heteroatoms. The predicted molar refractivity (Wildman–Crippen MR) is 205 cm³/mol. The van der Waals surface area contributed by atoms with E-state index in [1.807, 2.05) is 11.8 Å². The molecule has 0 atom stereocenters. The van der Waals surface area contributed by atoms with Crippen molar-refractivity contribution in [2.45, 2.75) is 22.9 Å². The van der Waals surface area contributed by atoms with Crippen molar-refractivity contribution in [2.75, 3.05) is 4.90 Å². The van der Waals surface area contributed by atoms with Crippen LogP contribution in [0.5, 0.6) is 0 Å². The summed E-state index contributed by atoms with van der Waals surface area (Å²) in [5.74, 6) is 0. The van der Waals surface area contributed by atoms with E-state index >= 15 is 0 Å². The van der Waals surface area contributed by atoms with Gasteiger partial charge in [-0.1, -0.05) is 158 Å². The Hall–Kier alpha value is -5.09. The molecule has 1 heterocycles. The molecular formula is C44H35NSSi. The second-order valence-electron chi connectivity index (χ2n) is 12.6. The highest BCUT2D eigenvalue weighted by Crippen LogP contribution is 2.41. The molecule has 0 saturated heterocycles. The van der Waals surface area contributed by atoms with Gasteiger partial charge < -0.3 is 4.90 Å². The van der Waals surface area contributed by atoms with Crippen molar-refractivity contribution < 1.29 is 0 Å². The second kappa shape index (κ2) is 12.3. The van der Waals surface area contributed by atoms with Crippen LogP contribution in [-0.4, -0.2) is 8.07 Å². The third-order valence-corrected chi connectivity index (χ3v) is 14.5. The zero-order valence-electron chi connectivity index (χ0n) is 26.6. The minimum absolute atomic E-state index is 1.13. The number of benzene rings is 7. The quantitative estimate of drug-likeness (QED) is 0.167. The van der Waals surface area contributed by atoms with Crippen LogP contribution in [-0.2, 0) is 0 Å². The lowest BCUT2D eigenvalue weighted by molar-refractivity contribution is 1.28. The molecule has 1 aliphatic rings. The average molecular weight is 638 g/mol. The lowest BCUT2D eigenvalue weighted by atomic mass is 10.0. The summed E-state index contributed by atoms with van der Waals surface area (Å²) < 4.78 is 0. The fourth-order valence-electron chi connectivity index (χ4n) is 6.80. The highest BCUT2D eigenvalue weighted by Gasteiger charge is 2.36. The maximum absolute atomic E-state index is 2.49. The third kappa shape index (κ3) is 5.52. The van der Waals surface area contributed by atoms with Crippen molar-refractivity contribution in [2.24, 2.45) is 0 Å². The van der Waals surface area contributed by atoms with Crippen molar-refractivity contribution in [3.63, 3.8) is 0 Å². The van der Waals surface area contributed by atoms with Crippen molar-refractivity contribution in [3.05, 3.63) is 176 Å². The molecule has 7 aromatic carbocycles. The van der Waals surface area contributed by atoms with Gasteiger partial charge in [0.05, 0.1) is 0 Å². The minimum atomic E-state index is -1.80. The van der Waals surface area contributed by atoms with E-state index < -0.39 is 8.07 Å². The summed E-state index contributed by atoms with van der Waals surface area (Å²) in [6.45, 7) is 4.97. The van der Waals surface area contributed by atoms with E-state index in [0.29, 0.717) is 0 Å². The number of rotatable bonds is 6. The summed E-state index contributed by atoms with van der Waals surface area (Å²) in [4.78, 5) is 5.18. The third-order valence-electron chi connectivity index (χ3n) is 9.36. The normalized spacial score (nSPS) is 13.0. The summed E-state index contributed by atoms with van der Waals surface area (Å²) in [7, 11) is -1.80. The van der Waals surface area contributed by atoms with E-state index in [-0.39, 0.29) is 0 Å². The van der Waals surface area contributed by atoms with E-state index in [4.69, 9.17) is 0 Å². The highest BCUT2D eigenvalue weighted by atomic mass is 32.2. The smallest absolute Gasteiger partial charge is 0.115 e. The molecule has 0 radical (unpaired) electrons. The zero-order valence-corrected chi connectivity index (χ0v) is 28.4. The van der Waals surface area contributed by atoms with Crippen LogP contribution >= 0.6 is 11.8 Å². The molecular weight excluding hydrogens is 603 g/mol. The van der Waals surface area contributed by atoms with E-state index in [1.165, 1.54) is 53.5 Å². The molecule has 0 unspecified atom stereocenters. The Morgan fingerprint density at radius 1 is 0.383 bits per heavy atom. The molecule has 0 amide bonds. The van der Waals surface area contributed by atoms with Crippen LogP contribution in [0.4, 0.5) is 17.1 Å². The van der Waals surface area contributed by atoms with Crippen molar-refractivity contribution >= 4 is 47.3 Å².